The molecule has 0 saturated heterocycles. The van der Waals surface area contributed by atoms with E-state index in [4.69, 9.17) is 5.73 Å². The molecule has 1 aromatic rings. The molecule has 0 saturated carbocycles. The number of hydrogen-bond acceptors (Lipinski definition) is 3. The SMILES string of the molecule is CCC(N)CC(=O)NC(C)c1cccs1. The van der Waals surface area contributed by atoms with Crippen molar-refractivity contribution in [2.75, 3.05) is 0 Å². The molecule has 0 radical (unpaired) electrons. The summed E-state index contributed by atoms with van der Waals surface area (Å²) in [4.78, 5) is 12.7. The Bertz CT molecular complexity index is 298. The summed E-state index contributed by atoms with van der Waals surface area (Å²) in [5.41, 5.74) is 5.71. The van der Waals surface area contributed by atoms with E-state index >= 15 is 0 Å². The Morgan fingerprint density at radius 1 is 1.67 bits per heavy atom. The minimum absolute atomic E-state index is 0.0273. The van der Waals surface area contributed by atoms with Gasteiger partial charge in [0, 0.05) is 17.3 Å². The van der Waals surface area contributed by atoms with Crippen LogP contribution in [0.15, 0.2) is 17.5 Å². The van der Waals surface area contributed by atoms with Crippen LogP contribution in [0.4, 0.5) is 0 Å². The van der Waals surface area contributed by atoms with E-state index in [0.29, 0.717) is 6.42 Å². The molecule has 0 bridgehead atoms. The highest BCUT2D eigenvalue weighted by atomic mass is 32.1. The third kappa shape index (κ3) is 4.01. The van der Waals surface area contributed by atoms with E-state index in [1.807, 2.05) is 31.4 Å². The van der Waals surface area contributed by atoms with Gasteiger partial charge in [-0.05, 0) is 24.8 Å². The molecule has 3 N–H and O–H groups in total. The van der Waals surface area contributed by atoms with E-state index in [-0.39, 0.29) is 18.0 Å². The zero-order chi connectivity index (χ0) is 11.3. The number of nitrogens with two attached hydrogens (primary N) is 1. The average molecular weight is 226 g/mol. The predicted octanol–water partition coefficient (Wildman–Crippen LogP) is 2.05. The van der Waals surface area contributed by atoms with Gasteiger partial charge in [0.2, 0.25) is 5.91 Å². The van der Waals surface area contributed by atoms with Gasteiger partial charge in [-0.25, -0.2) is 0 Å². The molecule has 1 rings (SSSR count). The van der Waals surface area contributed by atoms with Crippen LogP contribution in [0.2, 0.25) is 0 Å². The van der Waals surface area contributed by atoms with E-state index < -0.39 is 0 Å². The van der Waals surface area contributed by atoms with E-state index in [0.717, 1.165) is 6.42 Å². The van der Waals surface area contributed by atoms with Crippen molar-refractivity contribution >= 4 is 17.2 Å². The van der Waals surface area contributed by atoms with Crippen LogP contribution >= 0.6 is 11.3 Å². The second-order valence-electron chi connectivity index (χ2n) is 3.68. The Morgan fingerprint density at radius 3 is 2.93 bits per heavy atom. The number of thiophene rings is 1. The zero-order valence-corrected chi connectivity index (χ0v) is 10.0. The lowest BCUT2D eigenvalue weighted by Gasteiger charge is -2.14. The van der Waals surface area contributed by atoms with Crippen LogP contribution in [-0.2, 0) is 4.79 Å². The Labute approximate surface area is 94.7 Å². The number of amides is 1. The summed E-state index contributed by atoms with van der Waals surface area (Å²) in [5, 5.41) is 4.95. The van der Waals surface area contributed by atoms with E-state index in [2.05, 4.69) is 5.32 Å². The van der Waals surface area contributed by atoms with Crippen LogP contribution in [0.3, 0.4) is 0 Å². The molecular weight excluding hydrogens is 208 g/mol. The quantitative estimate of drug-likeness (QED) is 0.807. The molecule has 0 aromatic carbocycles. The van der Waals surface area contributed by atoms with Crippen molar-refractivity contribution in [1.82, 2.24) is 5.32 Å². The summed E-state index contributed by atoms with van der Waals surface area (Å²) < 4.78 is 0. The number of carbonyl (C=O) groups excluding carboxylic acids is 1. The lowest BCUT2D eigenvalue weighted by Crippen LogP contribution is -2.32. The molecule has 15 heavy (non-hydrogen) atoms. The van der Waals surface area contributed by atoms with Gasteiger partial charge in [0.1, 0.15) is 0 Å². The Kier molecular flexibility index (Phi) is 4.78. The van der Waals surface area contributed by atoms with Gasteiger partial charge in [-0.15, -0.1) is 11.3 Å². The molecule has 0 aliphatic heterocycles. The third-order valence-electron chi connectivity index (χ3n) is 2.32. The fraction of sp³-hybridized carbons (Fsp3) is 0.545. The van der Waals surface area contributed by atoms with Crippen molar-refractivity contribution < 1.29 is 4.79 Å². The van der Waals surface area contributed by atoms with Crippen LogP contribution in [0, 0.1) is 0 Å². The molecular formula is C11H18N2OS. The van der Waals surface area contributed by atoms with Crippen LogP contribution in [0.5, 0.6) is 0 Å². The Balaban J connectivity index is 2.38. The molecule has 84 valence electrons. The minimum atomic E-state index is -0.0273. The van der Waals surface area contributed by atoms with Gasteiger partial charge in [0.05, 0.1) is 6.04 Å². The first kappa shape index (κ1) is 12.2. The highest BCUT2D eigenvalue weighted by Gasteiger charge is 2.12. The summed E-state index contributed by atoms with van der Waals surface area (Å²) in [7, 11) is 0. The van der Waals surface area contributed by atoms with Gasteiger partial charge in [0.25, 0.3) is 0 Å². The number of nitrogens with one attached hydrogen (secondary N) is 1. The first-order chi connectivity index (χ1) is 7.13. The first-order valence-corrected chi connectivity index (χ1v) is 6.09. The average Bonchev–Trinajstić information content (AvgIpc) is 2.70. The lowest BCUT2D eigenvalue weighted by molar-refractivity contribution is -0.122. The highest BCUT2D eigenvalue weighted by molar-refractivity contribution is 7.10. The molecule has 2 unspecified atom stereocenters. The third-order valence-corrected chi connectivity index (χ3v) is 3.37. The molecule has 0 aliphatic carbocycles. The van der Waals surface area contributed by atoms with Gasteiger partial charge >= 0.3 is 0 Å². The van der Waals surface area contributed by atoms with Crippen molar-refractivity contribution in [2.45, 2.75) is 38.8 Å². The lowest BCUT2D eigenvalue weighted by atomic mass is 10.1. The molecule has 3 nitrogen and oxygen atoms in total. The van der Waals surface area contributed by atoms with Crippen molar-refractivity contribution in [3.8, 4) is 0 Å². The maximum Gasteiger partial charge on any atom is 0.222 e. The second-order valence-corrected chi connectivity index (χ2v) is 4.66. The van der Waals surface area contributed by atoms with E-state index in [1.54, 1.807) is 11.3 Å². The van der Waals surface area contributed by atoms with E-state index in [9.17, 15) is 4.79 Å². The summed E-state index contributed by atoms with van der Waals surface area (Å²) in [6, 6.07) is 4.07. The van der Waals surface area contributed by atoms with Crippen LogP contribution < -0.4 is 11.1 Å². The van der Waals surface area contributed by atoms with E-state index in [1.165, 1.54) is 4.88 Å². The van der Waals surface area contributed by atoms with Crippen LogP contribution in [0.25, 0.3) is 0 Å². The fourth-order valence-corrected chi connectivity index (χ4v) is 2.03. The molecule has 1 aromatic heterocycles. The van der Waals surface area contributed by atoms with Crippen LogP contribution in [-0.4, -0.2) is 11.9 Å². The minimum Gasteiger partial charge on any atom is -0.349 e. The molecule has 4 heteroatoms. The molecule has 0 aliphatic rings. The predicted molar refractivity (Wildman–Crippen MR) is 63.8 cm³/mol. The maximum atomic E-state index is 11.5. The number of hydrogen-bond donors (Lipinski definition) is 2. The maximum absolute atomic E-state index is 11.5. The van der Waals surface area contributed by atoms with Crippen molar-refractivity contribution in [3.05, 3.63) is 22.4 Å². The number of rotatable bonds is 5. The monoisotopic (exact) mass is 226 g/mol. The summed E-state index contributed by atoms with van der Waals surface area (Å²) >= 11 is 1.65. The van der Waals surface area contributed by atoms with Crippen LogP contribution in [0.1, 0.15) is 37.6 Å². The molecule has 2 atom stereocenters. The molecule has 1 heterocycles. The Morgan fingerprint density at radius 2 is 2.40 bits per heavy atom. The second kappa shape index (κ2) is 5.88. The van der Waals surface area contributed by atoms with Gasteiger partial charge in [-0.2, -0.15) is 0 Å². The molecule has 0 spiro atoms. The first-order valence-electron chi connectivity index (χ1n) is 5.21. The molecule has 1 amide bonds. The standard InChI is InChI=1S/C11H18N2OS/c1-3-9(12)7-11(14)13-8(2)10-5-4-6-15-10/h4-6,8-9H,3,7,12H2,1-2H3,(H,13,14). The summed E-state index contributed by atoms with van der Waals surface area (Å²) in [5.74, 6) is 0.0326. The van der Waals surface area contributed by atoms with Crippen molar-refractivity contribution in [3.63, 3.8) is 0 Å². The normalized spacial score (nSPS) is 14.6. The van der Waals surface area contributed by atoms with Gasteiger partial charge in [-0.1, -0.05) is 13.0 Å². The fourth-order valence-electron chi connectivity index (χ4n) is 1.29. The van der Waals surface area contributed by atoms with Crippen molar-refractivity contribution in [2.24, 2.45) is 5.73 Å². The highest BCUT2D eigenvalue weighted by Crippen LogP contribution is 2.18. The molecule has 0 fully saturated rings. The largest absolute Gasteiger partial charge is 0.349 e. The number of carbonyl (C=O) groups is 1. The summed E-state index contributed by atoms with van der Waals surface area (Å²) in [6.45, 7) is 3.97. The zero-order valence-electron chi connectivity index (χ0n) is 9.19. The van der Waals surface area contributed by atoms with Gasteiger partial charge < -0.3 is 11.1 Å². The van der Waals surface area contributed by atoms with Crippen molar-refractivity contribution in [1.29, 1.82) is 0 Å². The van der Waals surface area contributed by atoms with Gasteiger partial charge in [-0.3, -0.25) is 4.79 Å². The summed E-state index contributed by atoms with van der Waals surface area (Å²) in [6.07, 6.45) is 1.24. The van der Waals surface area contributed by atoms with Gasteiger partial charge in [0.15, 0.2) is 0 Å². The Hall–Kier alpha value is -0.870. The smallest absolute Gasteiger partial charge is 0.222 e. The topological polar surface area (TPSA) is 55.1 Å².